The van der Waals surface area contributed by atoms with Crippen LogP contribution in [0.5, 0.6) is 0 Å². The first kappa shape index (κ1) is 21.1. The van der Waals surface area contributed by atoms with E-state index in [2.05, 4.69) is 10.6 Å². The normalized spacial score (nSPS) is 10.6. The maximum Gasteiger partial charge on any atom is 0.255 e. The van der Waals surface area contributed by atoms with Gasteiger partial charge in [0.15, 0.2) is 0 Å². The van der Waals surface area contributed by atoms with Crippen LogP contribution in [-0.2, 0) is 4.79 Å². The van der Waals surface area contributed by atoms with Gasteiger partial charge in [0.25, 0.3) is 5.91 Å². The summed E-state index contributed by atoms with van der Waals surface area (Å²) in [6.45, 7) is 1.90. The topological polar surface area (TPSA) is 58.2 Å². The third-order valence-corrected chi connectivity index (χ3v) is 5.31. The second-order valence-corrected chi connectivity index (χ2v) is 7.59. The molecule has 0 saturated heterocycles. The summed E-state index contributed by atoms with van der Waals surface area (Å²) in [5, 5.41) is 5.97. The summed E-state index contributed by atoms with van der Waals surface area (Å²) in [7, 11) is 0. The number of rotatable bonds is 6. The molecule has 4 heteroatoms. The van der Waals surface area contributed by atoms with E-state index in [1.165, 1.54) is 0 Å². The minimum absolute atomic E-state index is 0.108. The Morgan fingerprint density at radius 2 is 1.19 bits per heavy atom. The molecule has 0 spiro atoms. The summed E-state index contributed by atoms with van der Waals surface area (Å²) in [5.74, 6) is -0.697. The van der Waals surface area contributed by atoms with Crippen LogP contribution in [0.4, 0.5) is 11.4 Å². The lowest BCUT2D eigenvalue weighted by Crippen LogP contribution is -2.22. The van der Waals surface area contributed by atoms with Gasteiger partial charge in [-0.05, 0) is 53.9 Å². The molecule has 4 aromatic carbocycles. The first-order chi connectivity index (χ1) is 15.6. The molecule has 0 bridgehead atoms. The number of benzene rings is 4. The molecule has 0 unspecified atom stereocenters. The molecule has 4 rings (SSSR count). The monoisotopic (exact) mass is 420 g/mol. The Morgan fingerprint density at radius 3 is 1.72 bits per heavy atom. The van der Waals surface area contributed by atoms with Gasteiger partial charge in [-0.25, -0.2) is 0 Å². The molecular weight excluding hydrogens is 396 g/mol. The van der Waals surface area contributed by atoms with Crippen LogP contribution in [0.1, 0.15) is 33.0 Å². The molecular formula is C28H24N2O2. The van der Waals surface area contributed by atoms with Crippen molar-refractivity contribution in [3.05, 3.63) is 131 Å². The Bertz CT molecular complexity index is 1170. The van der Waals surface area contributed by atoms with Gasteiger partial charge in [-0.1, -0.05) is 78.9 Å². The van der Waals surface area contributed by atoms with Crippen LogP contribution in [0.15, 0.2) is 109 Å². The first-order valence-corrected chi connectivity index (χ1v) is 10.5. The van der Waals surface area contributed by atoms with E-state index < -0.39 is 5.92 Å². The van der Waals surface area contributed by atoms with Crippen LogP contribution in [-0.4, -0.2) is 11.8 Å². The van der Waals surface area contributed by atoms with E-state index in [1.807, 2.05) is 97.9 Å². The molecule has 0 heterocycles. The van der Waals surface area contributed by atoms with E-state index >= 15 is 0 Å². The Morgan fingerprint density at radius 1 is 0.656 bits per heavy atom. The summed E-state index contributed by atoms with van der Waals surface area (Å²) in [5.41, 5.74) is 4.71. The predicted molar refractivity (Wildman–Crippen MR) is 129 cm³/mol. The lowest BCUT2D eigenvalue weighted by molar-refractivity contribution is -0.116. The summed E-state index contributed by atoms with van der Waals surface area (Å²) in [4.78, 5) is 25.7. The first-order valence-electron chi connectivity index (χ1n) is 10.5. The molecule has 4 nitrogen and oxygen atoms in total. The van der Waals surface area contributed by atoms with Crippen molar-refractivity contribution in [2.24, 2.45) is 0 Å². The van der Waals surface area contributed by atoms with E-state index in [9.17, 15) is 9.59 Å². The van der Waals surface area contributed by atoms with Crippen molar-refractivity contribution in [2.45, 2.75) is 12.8 Å². The Labute approximate surface area is 187 Å². The molecule has 2 N–H and O–H groups in total. The number of amides is 2. The van der Waals surface area contributed by atoms with Gasteiger partial charge in [-0.3, -0.25) is 9.59 Å². The van der Waals surface area contributed by atoms with Crippen LogP contribution in [0.3, 0.4) is 0 Å². The average molecular weight is 421 g/mol. The highest BCUT2D eigenvalue weighted by atomic mass is 16.2. The van der Waals surface area contributed by atoms with Crippen molar-refractivity contribution in [1.29, 1.82) is 0 Å². The molecule has 4 aromatic rings. The summed E-state index contributed by atoms with van der Waals surface area (Å²) >= 11 is 0. The fourth-order valence-electron chi connectivity index (χ4n) is 3.67. The van der Waals surface area contributed by atoms with Crippen LogP contribution < -0.4 is 10.6 Å². The Hall–Kier alpha value is -4.18. The standard InChI is InChI=1S/C28H24N2O2/c1-20-19-24(17-18-25(20)30-27(31)23-15-9-4-10-16-23)29-28(32)26(21-11-5-2-6-12-21)22-13-7-3-8-14-22/h2-19,26H,1H3,(H,29,32)(H,30,31). The lowest BCUT2D eigenvalue weighted by Gasteiger charge is -2.18. The summed E-state index contributed by atoms with van der Waals surface area (Å²) in [6.07, 6.45) is 0. The van der Waals surface area contributed by atoms with E-state index in [-0.39, 0.29) is 11.8 Å². The number of nitrogens with one attached hydrogen (secondary N) is 2. The molecule has 0 aliphatic carbocycles. The minimum Gasteiger partial charge on any atom is -0.325 e. The third-order valence-electron chi connectivity index (χ3n) is 5.31. The molecule has 158 valence electrons. The Kier molecular flexibility index (Phi) is 6.42. The van der Waals surface area contributed by atoms with Gasteiger partial charge in [0.1, 0.15) is 0 Å². The highest BCUT2D eigenvalue weighted by Gasteiger charge is 2.22. The Balaban J connectivity index is 1.53. The average Bonchev–Trinajstić information content (AvgIpc) is 2.83. The number of anilines is 2. The molecule has 0 aliphatic rings. The number of carbonyl (C=O) groups excluding carboxylic acids is 2. The SMILES string of the molecule is Cc1cc(NC(=O)C(c2ccccc2)c2ccccc2)ccc1NC(=O)c1ccccc1. The van der Waals surface area contributed by atoms with Gasteiger partial charge in [0, 0.05) is 16.9 Å². The molecule has 0 aliphatic heterocycles. The van der Waals surface area contributed by atoms with Gasteiger partial charge in [0.2, 0.25) is 5.91 Å². The lowest BCUT2D eigenvalue weighted by atomic mass is 9.90. The van der Waals surface area contributed by atoms with E-state index in [4.69, 9.17) is 0 Å². The second-order valence-electron chi connectivity index (χ2n) is 7.59. The largest absolute Gasteiger partial charge is 0.325 e. The van der Waals surface area contributed by atoms with Crippen LogP contribution in [0, 0.1) is 6.92 Å². The molecule has 0 aromatic heterocycles. The van der Waals surface area contributed by atoms with Crippen LogP contribution in [0.25, 0.3) is 0 Å². The van der Waals surface area contributed by atoms with E-state index in [1.54, 1.807) is 18.2 Å². The predicted octanol–water partition coefficient (Wildman–Crippen LogP) is 6.02. The van der Waals surface area contributed by atoms with Crippen molar-refractivity contribution in [3.8, 4) is 0 Å². The van der Waals surface area contributed by atoms with Crippen molar-refractivity contribution >= 4 is 23.2 Å². The molecule has 0 fully saturated rings. The summed E-state index contributed by atoms with van der Waals surface area (Å²) in [6, 6.07) is 34.0. The van der Waals surface area contributed by atoms with Crippen LogP contribution in [0.2, 0.25) is 0 Å². The smallest absolute Gasteiger partial charge is 0.255 e. The summed E-state index contributed by atoms with van der Waals surface area (Å²) < 4.78 is 0. The van der Waals surface area contributed by atoms with Crippen molar-refractivity contribution in [2.75, 3.05) is 10.6 Å². The minimum atomic E-state index is -0.421. The molecule has 0 saturated carbocycles. The van der Waals surface area contributed by atoms with E-state index in [0.717, 1.165) is 16.7 Å². The highest BCUT2D eigenvalue weighted by molar-refractivity contribution is 6.05. The number of carbonyl (C=O) groups is 2. The van der Waals surface area contributed by atoms with Gasteiger partial charge in [-0.15, -0.1) is 0 Å². The van der Waals surface area contributed by atoms with Crippen molar-refractivity contribution in [3.63, 3.8) is 0 Å². The van der Waals surface area contributed by atoms with Crippen molar-refractivity contribution < 1.29 is 9.59 Å². The number of aryl methyl sites for hydroxylation is 1. The zero-order valence-corrected chi connectivity index (χ0v) is 17.8. The third kappa shape index (κ3) is 4.93. The fourth-order valence-corrected chi connectivity index (χ4v) is 3.67. The maximum atomic E-state index is 13.3. The zero-order chi connectivity index (χ0) is 22.3. The fraction of sp³-hybridized carbons (Fsp3) is 0.0714. The number of hydrogen-bond acceptors (Lipinski definition) is 2. The second kappa shape index (κ2) is 9.75. The van der Waals surface area contributed by atoms with Gasteiger partial charge in [0.05, 0.1) is 5.92 Å². The van der Waals surface area contributed by atoms with Crippen molar-refractivity contribution in [1.82, 2.24) is 0 Å². The molecule has 0 atom stereocenters. The van der Waals surface area contributed by atoms with E-state index in [0.29, 0.717) is 16.9 Å². The van der Waals surface area contributed by atoms with Crippen LogP contribution >= 0.6 is 0 Å². The van der Waals surface area contributed by atoms with Gasteiger partial charge in [-0.2, -0.15) is 0 Å². The highest BCUT2D eigenvalue weighted by Crippen LogP contribution is 2.27. The molecule has 2 amide bonds. The molecule has 0 radical (unpaired) electrons. The number of hydrogen-bond donors (Lipinski definition) is 2. The van der Waals surface area contributed by atoms with Gasteiger partial charge >= 0.3 is 0 Å². The molecule has 32 heavy (non-hydrogen) atoms. The van der Waals surface area contributed by atoms with Gasteiger partial charge < -0.3 is 10.6 Å². The maximum absolute atomic E-state index is 13.3. The quantitative estimate of drug-likeness (QED) is 0.401. The zero-order valence-electron chi connectivity index (χ0n) is 17.8.